The van der Waals surface area contributed by atoms with Crippen molar-refractivity contribution in [2.45, 2.75) is 44.4 Å². The van der Waals surface area contributed by atoms with Gasteiger partial charge in [-0.05, 0) is 24.6 Å². The fourth-order valence-corrected chi connectivity index (χ4v) is 5.52. The minimum absolute atomic E-state index is 0.0219. The standard InChI is InChI=1S/C31H33F6N7O4/c1-19(2)18-48-23-12-25(28(46)41-8-10-42(11-9-41)29-38-14-21(15-39-29)30(32,33)34)43(17-23)26-13-24(31(35,36)37)27(45)44(40-26)16-20-4-6-22(47-3)7-5-20/h4-7,13-15,23,25H,1,8-12,16-18H2,2-3H3/t23-,25-/m0/s1. The molecule has 2 atom stereocenters. The van der Waals surface area contributed by atoms with Crippen LogP contribution in [0.3, 0.4) is 0 Å². The predicted octanol–water partition coefficient (Wildman–Crippen LogP) is 4.02. The molecule has 2 fully saturated rings. The number of nitrogens with zero attached hydrogens (tertiary/aromatic N) is 7. The first-order valence-corrected chi connectivity index (χ1v) is 14.9. The number of carbonyl (C=O) groups is 1. The zero-order valence-electron chi connectivity index (χ0n) is 26.1. The van der Waals surface area contributed by atoms with E-state index in [-0.39, 0.29) is 64.1 Å². The van der Waals surface area contributed by atoms with Crippen molar-refractivity contribution in [1.82, 2.24) is 24.6 Å². The number of hydrogen-bond acceptors (Lipinski definition) is 9. The molecule has 2 aromatic heterocycles. The van der Waals surface area contributed by atoms with Crippen LogP contribution in [0, 0.1) is 0 Å². The van der Waals surface area contributed by atoms with Crippen LogP contribution < -0.4 is 20.1 Å². The summed E-state index contributed by atoms with van der Waals surface area (Å²) in [5.74, 6) is -0.00995. The van der Waals surface area contributed by atoms with E-state index < -0.39 is 47.1 Å². The molecular formula is C31H33F6N7O4. The summed E-state index contributed by atoms with van der Waals surface area (Å²) in [7, 11) is 1.47. The summed E-state index contributed by atoms with van der Waals surface area (Å²) in [6, 6.07) is 6.11. The van der Waals surface area contributed by atoms with Crippen LogP contribution in [0.1, 0.15) is 30.0 Å². The van der Waals surface area contributed by atoms with Crippen LogP contribution in [0.25, 0.3) is 0 Å². The normalized spacial score (nSPS) is 18.7. The van der Waals surface area contributed by atoms with Gasteiger partial charge in [0.25, 0.3) is 5.56 Å². The third kappa shape index (κ3) is 7.89. The third-order valence-electron chi connectivity index (χ3n) is 8.01. The lowest BCUT2D eigenvalue weighted by Gasteiger charge is -2.37. The maximum Gasteiger partial charge on any atom is 0.421 e. The molecule has 5 rings (SSSR count). The van der Waals surface area contributed by atoms with E-state index in [2.05, 4.69) is 21.6 Å². The fraction of sp³-hybridized carbons (Fsp3) is 0.452. The number of piperazine rings is 1. The van der Waals surface area contributed by atoms with Gasteiger partial charge < -0.3 is 24.2 Å². The van der Waals surface area contributed by atoms with Crippen LogP contribution >= 0.6 is 0 Å². The molecule has 0 N–H and O–H groups in total. The van der Waals surface area contributed by atoms with Crippen LogP contribution in [0.5, 0.6) is 5.75 Å². The minimum atomic E-state index is -5.00. The molecule has 0 unspecified atom stereocenters. The summed E-state index contributed by atoms with van der Waals surface area (Å²) in [5.41, 5.74) is -2.53. The first-order chi connectivity index (χ1) is 22.6. The van der Waals surface area contributed by atoms with Crippen molar-refractivity contribution in [1.29, 1.82) is 0 Å². The zero-order chi connectivity index (χ0) is 34.8. The Bertz CT molecular complexity index is 1670. The Morgan fingerprint density at radius 1 is 1.00 bits per heavy atom. The number of amides is 1. The topological polar surface area (TPSA) is 106 Å². The summed E-state index contributed by atoms with van der Waals surface area (Å²) in [6.07, 6.45) is -8.62. The molecule has 3 aromatic rings. The molecule has 0 radical (unpaired) electrons. The molecule has 48 heavy (non-hydrogen) atoms. The van der Waals surface area contributed by atoms with E-state index in [4.69, 9.17) is 9.47 Å². The van der Waals surface area contributed by atoms with Crippen LogP contribution in [0.4, 0.5) is 38.1 Å². The van der Waals surface area contributed by atoms with Gasteiger partial charge in [-0.15, -0.1) is 0 Å². The number of hydrogen-bond donors (Lipinski definition) is 0. The SMILES string of the molecule is C=C(C)CO[C@H]1C[C@@H](C(=O)N2CCN(c3ncc(C(F)(F)F)cn3)CC2)N(c2cc(C(F)(F)F)c(=O)n(Cc3ccc(OC)cc3)n2)C1. The summed E-state index contributed by atoms with van der Waals surface area (Å²) in [6.45, 7) is 6.22. The number of benzene rings is 1. The van der Waals surface area contributed by atoms with Gasteiger partial charge in [-0.2, -0.15) is 31.4 Å². The molecule has 1 amide bonds. The second kappa shape index (κ2) is 13.8. The Morgan fingerprint density at radius 3 is 2.21 bits per heavy atom. The number of anilines is 2. The molecule has 11 nitrogen and oxygen atoms in total. The molecule has 2 saturated heterocycles. The third-order valence-corrected chi connectivity index (χ3v) is 8.01. The first kappa shape index (κ1) is 34.7. The molecule has 0 spiro atoms. The molecule has 4 heterocycles. The second-order valence-corrected chi connectivity index (χ2v) is 11.6. The quantitative estimate of drug-likeness (QED) is 0.245. The van der Waals surface area contributed by atoms with Crippen molar-refractivity contribution in [3.63, 3.8) is 0 Å². The number of aromatic nitrogens is 4. The largest absolute Gasteiger partial charge is 0.497 e. The van der Waals surface area contributed by atoms with Gasteiger partial charge >= 0.3 is 12.4 Å². The molecule has 0 bridgehead atoms. The molecule has 2 aliphatic heterocycles. The first-order valence-electron chi connectivity index (χ1n) is 14.9. The van der Waals surface area contributed by atoms with Gasteiger partial charge in [0.05, 0.1) is 31.9 Å². The number of carbonyl (C=O) groups excluding carboxylic acids is 1. The van der Waals surface area contributed by atoms with Crippen LogP contribution in [0.2, 0.25) is 0 Å². The highest BCUT2D eigenvalue weighted by molar-refractivity contribution is 5.86. The Hall–Kier alpha value is -4.67. The maximum atomic E-state index is 14.2. The summed E-state index contributed by atoms with van der Waals surface area (Å²) < 4.78 is 93.1. The summed E-state index contributed by atoms with van der Waals surface area (Å²) in [5, 5.41) is 4.30. The lowest BCUT2D eigenvalue weighted by Crippen LogP contribution is -2.54. The average molecular weight is 682 g/mol. The fourth-order valence-electron chi connectivity index (χ4n) is 5.52. The Labute approximate surface area is 271 Å². The van der Waals surface area contributed by atoms with E-state index in [1.165, 1.54) is 16.9 Å². The summed E-state index contributed by atoms with van der Waals surface area (Å²) in [4.78, 5) is 39.2. The molecule has 2 aliphatic rings. The second-order valence-electron chi connectivity index (χ2n) is 11.6. The number of rotatable bonds is 9. The van der Waals surface area contributed by atoms with Gasteiger partial charge in [0, 0.05) is 57.6 Å². The Balaban J connectivity index is 1.40. The van der Waals surface area contributed by atoms with Gasteiger partial charge in [0.15, 0.2) is 5.82 Å². The smallest absolute Gasteiger partial charge is 0.421 e. The molecule has 258 valence electrons. The van der Waals surface area contributed by atoms with Crippen molar-refractivity contribution in [2.24, 2.45) is 0 Å². The molecule has 17 heteroatoms. The Morgan fingerprint density at radius 2 is 1.65 bits per heavy atom. The van der Waals surface area contributed by atoms with Crippen LogP contribution in [-0.4, -0.2) is 89.1 Å². The number of methoxy groups -OCH3 is 1. The van der Waals surface area contributed by atoms with Crippen molar-refractivity contribution >= 4 is 17.7 Å². The predicted molar refractivity (Wildman–Crippen MR) is 162 cm³/mol. The van der Waals surface area contributed by atoms with E-state index >= 15 is 0 Å². The molecule has 0 saturated carbocycles. The van der Waals surface area contributed by atoms with Crippen LogP contribution in [0.15, 0.2) is 59.7 Å². The van der Waals surface area contributed by atoms with E-state index in [9.17, 15) is 35.9 Å². The number of halogens is 6. The van der Waals surface area contributed by atoms with E-state index in [0.717, 1.165) is 4.68 Å². The molecular weight excluding hydrogens is 648 g/mol. The number of alkyl halides is 6. The zero-order valence-corrected chi connectivity index (χ0v) is 26.1. The number of ether oxygens (including phenoxy) is 2. The van der Waals surface area contributed by atoms with Crippen molar-refractivity contribution in [3.8, 4) is 5.75 Å². The lowest BCUT2D eigenvalue weighted by atomic mass is 10.1. The highest BCUT2D eigenvalue weighted by Gasteiger charge is 2.43. The van der Waals surface area contributed by atoms with Crippen molar-refractivity contribution < 1.29 is 40.6 Å². The van der Waals surface area contributed by atoms with Gasteiger partial charge in [-0.1, -0.05) is 24.3 Å². The van der Waals surface area contributed by atoms with Crippen molar-refractivity contribution in [3.05, 3.63) is 81.9 Å². The maximum absolute atomic E-state index is 14.2. The lowest BCUT2D eigenvalue weighted by molar-refractivity contribution is -0.139. The van der Waals surface area contributed by atoms with E-state index in [1.807, 2.05) is 0 Å². The minimum Gasteiger partial charge on any atom is -0.497 e. The van der Waals surface area contributed by atoms with E-state index in [1.54, 1.807) is 36.1 Å². The van der Waals surface area contributed by atoms with E-state index in [0.29, 0.717) is 35.3 Å². The van der Waals surface area contributed by atoms with Gasteiger partial charge in [-0.3, -0.25) is 9.59 Å². The molecule has 1 aromatic carbocycles. The molecule has 0 aliphatic carbocycles. The van der Waals surface area contributed by atoms with Crippen molar-refractivity contribution in [2.75, 3.05) is 56.2 Å². The van der Waals surface area contributed by atoms with Gasteiger partial charge in [-0.25, -0.2) is 14.6 Å². The van der Waals surface area contributed by atoms with Crippen LogP contribution in [-0.2, 0) is 28.4 Å². The monoisotopic (exact) mass is 681 g/mol. The average Bonchev–Trinajstić information content (AvgIpc) is 3.48. The van der Waals surface area contributed by atoms with Gasteiger partial charge in [0.1, 0.15) is 17.4 Å². The Kier molecular flexibility index (Phi) is 9.98. The van der Waals surface area contributed by atoms with Gasteiger partial charge in [0.2, 0.25) is 11.9 Å². The highest BCUT2D eigenvalue weighted by Crippen LogP contribution is 2.33. The summed E-state index contributed by atoms with van der Waals surface area (Å²) >= 11 is 0. The highest BCUT2D eigenvalue weighted by atomic mass is 19.4.